The van der Waals surface area contributed by atoms with Crippen molar-refractivity contribution in [2.24, 2.45) is 0 Å². The number of rotatable bonds is 5. The summed E-state index contributed by atoms with van der Waals surface area (Å²) >= 11 is 0. The lowest BCUT2D eigenvalue weighted by Gasteiger charge is -2.24. The second-order valence-electron chi connectivity index (χ2n) is 6.68. The van der Waals surface area contributed by atoms with Crippen molar-refractivity contribution in [3.63, 3.8) is 0 Å². The smallest absolute Gasteiger partial charge is 0.243 e. The molecule has 1 fully saturated rings. The lowest BCUT2D eigenvalue weighted by Crippen LogP contribution is -2.43. The predicted octanol–water partition coefficient (Wildman–Crippen LogP) is 2.99. The summed E-state index contributed by atoms with van der Waals surface area (Å²) in [5.74, 6) is -0.585. The highest BCUT2D eigenvalue weighted by molar-refractivity contribution is 7.89. The largest absolute Gasteiger partial charge is 0.324 e. The van der Waals surface area contributed by atoms with Crippen LogP contribution in [0.25, 0.3) is 0 Å². The zero-order valence-electron chi connectivity index (χ0n) is 15.3. The summed E-state index contributed by atoms with van der Waals surface area (Å²) in [6.45, 7) is 3.60. The van der Waals surface area contributed by atoms with Crippen LogP contribution in [0.3, 0.4) is 0 Å². The third kappa shape index (κ3) is 3.94. The number of carbonyl (C=O) groups excluding carboxylic acids is 2. The summed E-state index contributed by atoms with van der Waals surface area (Å²) in [7, 11) is -3.76. The van der Waals surface area contributed by atoms with Crippen LogP contribution in [-0.2, 0) is 14.8 Å². The van der Waals surface area contributed by atoms with E-state index in [2.05, 4.69) is 5.32 Å². The van der Waals surface area contributed by atoms with Gasteiger partial charge in [-0.1, -0.05) is 29.8 Å². The lowest BCUT2D eigenvalue weighted by atomic mass is 10.1. The first-order valence-corrected chi connectivity index (χ1v) is 10.2. The fraction of sp³-hybridized carbons (Fsp3) is 0.300. The van der Waals surface area contributed by atoms with Crippen LogP contribution in [0, 0.1) is 6.92 Å². The van der Waals surface area contributed by atoms with Crippen LogP contribution in [0.2, 0.25) is 0 Å². The van der Waals surface area contributed by atoms with Gasteiger partial charge < -0.3 is 5.32 Å². The SMILES string of the molecule is CC(=O)c1ccccc1NC(=O)C1CCCN1S(=O)(=O)c1ccc(C)cc1. The Kier molecular flexibility index (Phi) is 5.43. The maximum Gasteiger partial charge on any atom is 0.243 e. The van der Waals surface area contributed by atoms with Gasteiger partial charge in [0.15, 0.2) is 5.78 Å². The van der Waals surface area contributed by atoms with Gasteiger partial charge in [0.2, 0.25) is 15.9 Å². The number of Topliss-reactive ketones (excluding diaryl/α,β-unsaturated/α-hetero) is 1. The van der Waals surface area contributed by atoms with Gasteiger partial charge in [0.05, 0.1) is 10.6 Å². The summed E-state index contributed by atoms with van der Waals surface area (Å²) in [5.41, 5.74) is 1.76. The average Bonchev–Trinajstić information content (AvgIpc) is 3.13. The molecule has 27 heavy (non-hydrogen) atoms. The first-order chi connectivity index (χ1) is 12.8. The van der Waals surface area contributed by atoms with E-state index in [1.807, 2.05) is 6.92 Å². The van der Waals surface area contributed by atoms with Gasteiger partial charge in [0.1, 0.15) is 6.04 Å². The van der Waals surface area contributed by atoms with Gasteiger partial charge in [-0.2, -0.15) is 4.31 Å². The lowest BCUT2D eigenvalue weighted by molar-refractivity contribution is -0.119. The number of sulfonamides is 1. The van der Waals surface area contributed by atoms with Gasteiger partial charge >= 0.3 is 0 Å². The number of benzene rings is 2. The third-order valence-electron chi connectivity index (χ3n) is 4.70. The molecule has 1 aliphatic rings. The average molecular weight is 386 g/mol. The number of ketones is 1. The second kappa shape index (κ2) is 7.62. The van der Waals surface area contributed by atoms with Crippen LogP contribution in [-0.4, -0.2) is 37.0 Å². The van der Waals surface area contributed by atoms with Crippen molar-refractivity contribution in [2.75, 3.05) is 11.9 Å². The molecule has 1 atom stereocenters. The van der Waals surface area contributed by atoms with Crippen LogP contribution >= 0.6 is 0 Å². The van der Waals surface area contributed by atoms with E-state index in [-0.39, 0.29) is 10.7 Å². The molecule has 6 nitrogen and oxygen atoms in total. The Labute approximate surface area is 159 Å². The molecule has 1 amide bonds. The Bertz CT molecular complexity index is 968. The number of para-hydroxylation sites is 1. The van der Waals surface area contributed by atoms with E-state index in [1.165, 1.54) is 11.2 Å². The molecule has 0 aliphatic carbocycles. The molecule has 0 radical (unpaired) electrons. The summed E-state index contributed by atoms with van der Waals surface area (Å²) in [4.78, 5) is 24.7. The molecule has 7 heteroatoms. The first-order valence-electron chi connectivity index (χ1n) is 8.80. The highest BCUT2D eigenvalue weighted by atomic mass is 32.2. The number of aryl methyl sites for hydroxylation is 1. The van der Waals surface area contributed by atoms with Crippen molar-refractivity contribution in [3.8, 4) is 0 Å². The van der Waals surface area contributed by atoms with E-state index in [0.717, 1.165) is 5.56 Å². The summed E-state index contributed by atoms with van der Waals surface area (Å²) in [5, 5.41) is 2.73. The number of hydrogen-bond acceptors (Lipinski definition) is 4. The minimum atomic E-state index is -3.76. The van der Waals surface area contributed by atoms with Gasteiger partial charge in [0, 0.05) is 12.1 Å². The summed E-state index contributed by atoms with van der Waals surface area (Å²) in [6, 6.07) is 12.5. The third-order valence-corrected chi connectivity index (χ3v) is 6.62. The summed E-state index contributed by atoms with van der Waals surface area (Å²) < 4.78 is 27.2. The normalized spacial score (nSPS) is 17.6. The highest BCUT2D eigenvalue weighted by Gasteiger charge is 2.39. The first kappa shape index (κ1) is 19.3. The van der Waals surface area contributed by atoms with Gasteiger partial charge in [-0.25, -0.2) is 8.42 Å². The van der Waals surface area contributed by atoms with Crippen LogP contribution in [0.4, 0.5) is 5.69 Å². The molecule has 142 valence electrons. The molecule has 0 saturated carbocycles. The quantitative estimate of drug-likeness (QED) is 0.801. The van der Waals surface area contributed by atoms with Crippen LogP contribution in [0.15, 0.2) is 53.4 Å². The number of anilines is 1. The van der Waals surface area contributed by atoms with Crippen LogP contribution in [0.1, 0.15) is 35.7 Å². The van der Waals surface area contributed by atoms with Crippen molar-refractivity contribution < 1.29 is 18.0 Å². The Hall–Kier alpha value is -2.51. The molecular formula is C20H22N2O4S. The van der Waals surface area contributed by atoms with Gasteiger partial charge in [-0.05, 0) is 51.0 Å². The maximum absolute atomic E-state index is 13.0. The fourth-order valence-electron chi connectivity index (χ4n) is 3.25. The van der Waals surface area contributed by atoms with E-state index >= 15 is 0 Å². The second-order valence-corrected chi connectivity index (χ2v) is 8.57. The number of nitrogens with one attached hydrogen (secondary N) is 1. The topological polar surface area (TPSA) is 83.6 Å². The molecule has 1 heterocycles. The molecule has 1 N–H and O–H groups in total. The van der Waals surface area contributed by atoms with Crippen molar-refractivity contribution in [1.82, 2.24) is 4.31 Å². The van der Waals surface area contributed by atoms with Crippen LogP contribution in [0.5, 0.6) is 0 Å². The molecule has 0 aromatic heterocycles. The van der Waals surface area contributed by atoms with E-state index in [1.54, 1.807) is 48.5 Å². The van der Waals surface area contributed by atoms with Crippen molar-refractivity contribution in [2.45, 2.75) is 37.6 Å². The molecule has 3 rings (SSSR count). The molecule has 1 saturated heterocycles. The predicted molar refractivity (Wildman–Crippen MR) is 103 cm³/mol. The zero-order valence-corrected chi connectivity index (χ0v) is 16.1. The number of carbonyl (C=O) groups is 2. The van der Waals surface area contributed by atoms with Crippen molar-refractivity contribution >= 4 is 27.4 Å². The number of hydrogen-bond donors (Lipinski definition) is 1. The minimum Gasteiger partial charge on any atom is -0.324 e. The van der Waals surface area contributed by atoms with E-state index < -0.39 is 22.0 Å². The Morgan fingerprint density at radius 2 is 1.74 bits per heavy atom. The number of nitrogens with zero attached hydrogens (tertiary/aromatic N) is 1. The van der Waals surface area contributed by atoms with Crippen molar-refractivity contribution in [1.29, 1.82) is 0 Å². The van der Waals surface area contributed by atoms with E-state index in [9.17, 15) is 18.0 Å². The summed E-state index contributed by atoms with van der Waals surface area (Å²) in [6.07, 6.45) is 1.05. The minimum absolute atomic E-state index is 0.165. The molecule has 1 unspecified atom stereocenters. The monoisotopic (exact) mass is 386 g/mol. The maximum atomic E-state index is 13.0. The standard InChI is InChI=1S/C20H22N2O4S/c1-14-9-11-16(12-10-14)27(25,26)22-13-5-8-19(22)20(24)21-18-7-4-3-6-17(18)15(2)23/h3-4,6-7,9-12,19H,5,8,13H2,1-2H3,(H,21,24). The van der Waals surface area contributed by atoms with E-state index in [0.29, 0.717) is 30.6 Å². The van der Waals surface area contributed by atoms with E-state index in [4.69, 9.17) is 0 Å². The molecule has 0 bridgehead atoms. The van der Waals surface area contributed by atoms with Gasteiger partial charge in [0.25, 0.3) is 0 Å². The van der Waals surface area contributed by atoms with Crippen molar-refractivity contribution in [3.05, 3.63) is 59.7 Å². The molecule has 2 aromatic rings. The van der Waals surface area contributed by atoms with Gasteiger partial charge in [-0.3, -0.25) is 9.59 Å². The number of amides is 1. The molecule has 2 aromatic carbocycles. The molecule has 0 spiro atoms. The Morgan fingerprint density at radius 1 is 1.07 bits per heavy atom. The highest BCUT2D eigenvalue weighted by Crippen LogP contribution is 2.27. The Morgan fingerprint density at radius 3 is 2.41 bits per heavy atom. The zero-order chi connectivity index (χ0) is 19.6. The molecular weight excluding hydrogens is 364 g/mol. The fourth-order valence-corrected chi connectivity index (χ4v) is 4.91. The molecule has 1 aliphatic heterocycles. The Balaban J connectivity index is 1.85. The van der Waals surface area contributed by atoms with Gasteiger partial charge in [-0.15, -0.1) is 0 Å². The van der Waals surface area contributed by atoms with Crippen LogP contribution < -0.4 is 5.32 Å².